The minimum absolute atomic E-state index is 0.629. The van der Waals surface area contributed by atoms with Crippen LogP contribution in [0, 0.1) is 11.8 Å². The van der Waals surface area contributed by atoms with Gasteiger partial charge in [0.05, 0.1) is 0 Å². The Morgan fingerprint density at radius 1 is 1.19 bits per heavy atom. The first-order chi connectivity index (χ1) is 7.51. The largest absolute Gasteiger partial charge is 0.243 e. The highest BCUT2D eigenvalue weighted by atomic mass is 19.1. The first-order valence-corrected chi connectivity index (χ1v) is 6.52. The molecule has 0 amide bonds. The second kappa shape index (κ2) is 8.55. The number of rotatable bonds is 7. The summed E-state index contributed by atoms with van der Waals surface area (Å²) < 4.78 is 13.1. The standard InChI is InChI=1S/C15H27F/c1-6-14(11-12(3)4)9-8-10-15(7-2)13(5)16/h8-10,12-14H,6-7,11H2,1-5H3/b9-8-,15-10+. The maximum Gasteiger partial charge on any atom is 0.119 e. The van der Waals surface area contributed by atoms with Crippen molar-refractivity contribution in [2.75, 3.05) is 0 Å². The summed E-state index contributed by atoms with van der Waals surface area (Å²) in [4.78, 5) is 0. The molecule has 0 fully saturated rings. The van der Waals surface area contributed by atoms with Crippen LogP contribution in [0.15, 0.2) is 23.8 Å². The molecule has 0 spiro atoms. The first-order valence-electron chi connectivity index (χ1n) is 6.52. The molecule has 0 nitrogen and oxygen atoms in total. The lowest BCUT2D eigenvalue weighted by Crippen LogP contribution is -2.00. The number of allylic oxidation sites excluding steroid dienone is 4. The van der Waals surface area contributed by atoms with Gasteiger partial charge in [-0.1, -0.05) is 45.9 Å². The van der Waals surface area contributed by atoms with Gasteiger partial charge in [0.2, 0.25) is 0 Å². The average Bonchev–Trinajstić information content (AvgIpc) is 2.21. The van der Waals surface area contributed by atoms with E-state index in [4.69, 9.17) is 0 Å². The van der Waals surface area contributed by atoms with E-state index >= 15 is 0 Å². The molecule has 0 bridgehead atoms. The van der Waals surface area contributed by atoms with Crippen LogP contribution in [0.5, 0.6) is 0 Å². The van der Waals surface area contributed by atoms with Gasteiger partial charge in [0, 0.05) is 0 Å². The van der Waals surface area contributed by atoms with Gasteiger partial charge in [-0.25, -0.2) is 4.39 Å². The normalized spacial score (nSPS) is 17.1. The van der Waals surface area contributed by atoms with Gasteiger partial charge in [-0.05, 0) is 43.6 Å². The van der Waals surface area contributed by atoms with Crippen LogP contribution in [0.4, 0.5) is 4.39 Å². The predicted octanol–water partition coefficient (Wildman–Crippen LogP) is 5.31. The van der Waals surface area contributed by atoms with Crippen molar-refractivity contribution in [3.05, 3.63) is 23.8 Å². The molecule has 0 heterocycles. The lowest BCUT2D eigenvalue weighted by atomic mass is 9.94. The highest BCUT2D eigenvalue weighted by Crippen LogP contribution is 2.17. The first kappa shape index (κ1) is 15.4. The Balaban J connectivity index is 4.33. The summed E-state index contributed by atoms with van der Waals surface area (Å²) in [6, 6.07) is 0. The molecule has 0 saturated heterocycles. The SMILES string of the molecule is CC/C(=C\C=C/C(CC)CC(C)C)C(C)F. The molecule has 16 heavy (non-hydrogen) atoms. The van der Waals surface area contributed by atoms with E-state index in [1.165, 1.54) is 6.42 Å². The fraction of sp³-hybridized carbons (Fsp3) is 0.733. The zero-order valence-corrected chi connectivity index (χ0v) is 11.5. The summed E-state index contributed by atoms with van der Waals surface area (Å²) in [5.74, 6) is 1.36. The van der Waals surface area contributed by atoms with Crippen molar-refractivity contribution >= 4 is 0 Å². The van der Waals surface area contributed by atoms with E-state index in [1.807, 2.05) is 19.1 Å². The van der Waals surface area contributed by atoms with Gasteiger partial charge < -0.3 is 0 Å². The molecular weight excluding hydrogens is 199 g/mol. The van der Waals surface area contributed by atoms with Gasteiger partial charge in [-0.15, -0.1) is 0 Å². The molecule has 0 N–H and O–H groups in total. The van der Waals surface area contributed by atoms with Crippen LogP contribution >= 0.6 is 0 Å². The highest BCUT2D eigenvalue weighted by molar-refractivity contribution is 5.15. The van der Waals surface area contributed by atoms with Crippen molar-refractivity contribution in [1.29, 1.82) is 0 Å². The highest BCUT2D eigenvalue weighted by Gasteiger charge is 2.05. The Kier molecular flexibility index (Phi) is 8.23. The average molecular weight is 226 g/mol. The van der Waals surface area contributed by atoms with Gasteiger partial charge in [-0.3, -0.25) is 0 Å². The minimum Gasteiger partial charge on any atom is -0.243 e. The fourth-order valence-electron chi connectivity index (χ4n) is 1.85. The summed E-state index contributed by atoms with van der Waals surface area (Å²) >= 11 is 0. The maximum atomic E-state index is 13.1. The van der Waals surface area contributed by atoms with E-state index in [1.54, 1.807) is 6.92 Å². The van der Waals surface area contributed by atoms with Gasteiger partial charge in [0.25, 0.3) is 0 Å². The van der Waals surface area contributed by atoms with Gasteiger partial charge in [-0.2, -0.15) is 0 Å². The van der Waals surface area contributed by atoms with Crippen LogP contribution in [0.2, 0.25) is 0 Å². The predicted molar refractivity (Wildman–Crippen MR) is 71.3 cm³/mol. The molecule has 94 valence electrons. The molecular formula is C15H27F. The third-order valence-electron chi connectivity index (χ3n) is 2.91. The Morgan fingerprint density at radius 3 is 2.19 bits per heavy atom. The Bertz CT molecular complexity index is 224. The van der Waals surface area contributed by atoms with E-state index in [0.29, 0.717) is 5.92 Å². The van der Waals surface area contributed by atoms with Gasteiger partial charge >= 0.3 is 0 Å². The fourth-order valence-corrected chi connectivity index (χ4v) is 1.85. The lowest BCUT2D eigenvalue weighted by molar-refractivity contribution is 0.404. The second-order valence-electron chi connectivity index (χ2n) is 4.89. The van der Waals surface area contributed by atoms with E-state index < -0.39 is 6.17 Å². The molecule has 0 aliphatic heterocycles. The minimum atomic E-state index is -0.820. The van der Waals surface area contributed by atoms with E-state index in [2.05, 4.69) is 26.8 Å². The van der Waals surface area contributed by atoms with Crippen molar-refractivity contribution in [1.82, 2.24) is 0 Å². The van der Waals surface area contributed by atoms with E-state index in [0.717, 1.165) is 24.3 Å². The summed E-state index contributed by atoms with van der Waals surface area (Å²) in [7, 11) is 0. The lowest BCUT2D eigenvalue weighted by Gasteiger charge is -2.12. The van der Waals surface area contributed by atoms with Crippen molar-refractivity contribution < 1.29 is 4.39 Å². The van der Waals surface area contributed by atoms with Crippen LogP contribution in [0.1, 0.15) is 53.9 Å². The van der Waals surface area contributed by atoms with E-state index in [-0.39, 0.29) is 0 Å². The third kappa shape index (κ3) is 6.81. The zero-order chi connectivity index (χ0) is 12.6. The van der Waals surface area contributed by atoms with Crippen molar-refractivity contribution in [3.8, 4) is 0 Å². The molecule has 1 heteroatoms. The molecule has 0 saturated carbocycles. The number of halogens is 1. The van der Waals surface area contributed by atoms with Crippen LogP contribution in [-0.4, -0.2) is 6.17 Å². The molecule has 2 unspecified atom stereocenters. The monoisotopic (exact) mass is 226 g/mol. The molecule has 0 aromatic rings. The van der Waals surface area contributed by atoms with Gasteiger partial charge in [0.15, 0.2) is 0 Å². The molecule has 0 aromatic heterocycles. The summed E-state index contributed by atoms with van der Waals surface area (Å²) in [5, 5.41) is 0. The zero-order valence-electron chi connectivity index (χ0n) is 11.5. The molecule has 2 atom stereocenters. The summed E-state index contributed by atoms with van der Waals surface area (Å²) in [6.45, 7) is 10.3. The molecule has 0 radical (unpaired) electrons. The molecule has 0 aliphatic rings. The van der Waals surface area contributed by atoms with Crippen LogP contribution in [0.25, 0.3) is 0 Å². The van der Waals surface area contributed by atoms with Crippen LogP contribution < -0.4 is 0 Å². The van der Waals surface area contributed by atoms with Crippen molar-refractivity contribution in [2.45, 2.75) is 60.1 Å². The van der Waals surface area contributed by atoms with Crippen LogP contribution in [0.3, 0.4) is 0 Å². The molecule has 0 rings (SSSR count). The van der Waals surface area contributed by atoms with Crippen molar-refractivity contribution in [2.24, 2.45) is 11.8 Å². The summed E-state index contributed by atoms with van der Waals surface area (Å²) in [5.41, 5.74) is 0.885. The van der Waals surface area contributed by atoms with Gasteiger partial charge in [0.1, 0.15) is 6.17 Å². The smallest absolute Gasteiger partial charge is 0.119 e. The Morgan fingerprint density at radius 2 is 1.81 bits per heavy atom. The quantitative estimate of drug-likeness (QED) is 0.516. The number of hydrogen-bond acceptors (Lipinski definition) is 0. The number of hydrogen-bond donors (Lipinski definition) is 0. The maximum absolute atomic E-state index is 13.1. The molecule has 0 aliphatic carbocycles. The Labute approximate surface area is 101 Å². The Hall–Kier alpha value is -0.590. The van der Waals surface area contributed by atoms with E-state index in [9.17, 15) is 4.39 Å². The van der Waals surface area contributed by atoms with Crippen molar-refractivity contribution in [3.63, 3.8) is 0 Å². The molecule has 0 aromatic carbocycles. The second-order valence-corrected chi connectivity index (χ2v) is 4.89. The van der Waals surface area contributed by atoms with Crippen LogP contribution in [-0.2, 0) is 0 Å². The third-order valence-corrected chi connectivity index (χ3v) is 2.91. The topological polar surface area (TPSA) is 0 Å². The summed E-state index contributed by atoms with van der Waals surface area (Å²) in [6.07, 6.45) is 8.54. The number of alkyl halides is 1.